The van der Waals surface area contributed by atoms with Gasteiger partial charge in [-0.15, -0.1) is 0 Å². The van der Waals surface area contributed by atoms with Crippen molar-refractivity contribution in [3.8, 4) is 5.75 Å². The topological polar surface area (TPSA) is 95.3 Å². The van der Waals surface area contributed by atoms with Gasteiger partial charge in [0.2, 0.25) is 0 Å². The summed E-state index contributed by atoms with van der Waals surface area (Å²) in [4.78, 5) is 21.0. The number of pyridine rings is 2. The molecule has 4 rings (SSSR count). The third kappa shape index (κ3) is 3.23. The normalized spacial score (nSPS) is 20.3. The highest BCUT2D eigenvalue weighted by molar-refractivity contribution is 5.92. The van der Waals surface area contributed by atoms with Crippen LogP contribution in [-0.4, -0.2) is 32.2 Å². The summed E-state index contributed by atoms with van der Waals surface area (Å²) in [5.41, 5.74) is 2.05. The third-order valence-electron chi connectivity index (χ3n) is 4.86. The number of amides is 1. The predicted molar refractivity (Wildman–Crippen MR) is 96.6 cm³/mol. The molecule has 1 fully saturated rings. The molecule has 0 bridgehead atoms. The number of rotatable bonds is 4. The Labute approximate surface area is 150 Å². The van der Waals surface area contributed by atoms with Gasteiger partial charge in [-0.1, -0.05) is 18.2 Å². The second-order valence-electron chi connectivity index (χ2n) is 6.70. The van der Waals surface area contributed by atoms with Crippen molar-refractivity contribution >= 4 is 16.8 Å². The molecule has 1 atom stereocenters. The van der Waals surface area contributed by atoms with Gasteiger partial charge >= 0.3 is 0 Å². The van der Waals surface area contributed by atoms with Crippen molar-refractivity contribution in [3.63, 3.8) is 0 Å². The van der Waals surface area contributed by atoms with Crippen molar-refractivity contribution in [2.75, 3.05) is 0 Å². The monoisotopic (exact) mass is 349 g/mol. The molecule has 1 aromatic carbocycles. The Balaban J connectivity index is 1.63. The summed E-state index contributed by atoms with van der Waals surface area (Å²) in [7, 11) is 0. The summed E-state index contributed by atoms with van der Waals surface area (Å²) < 4.78 is 0. The molecule has 0 unspecified atom stereocenters. The van der Waals surface area contributed by atoms with E-state index in [-0.39, 0.29) is 35.4 Å². The van der Waals surface area contributed by atoms with Gasteiger partial charge in [0.05, 0.1) is 23.9 Å². The lowest BCUT2D eigenvalue weighted by Gasteiger charge is -2.38. The molecule has 0 saturated heterocycles. The number of nitrogens with one attached hydrogen (secondary N) is 1. The van der Waals surface area contributed by atoms with Gasteiger partial charge in [-0.25, -0.2) is 4.98 Å². The molecule has 6 heteroatoms. The summed E-state index contributed by atoms with van der Waals surface area (Å²) in [6, 6.07) is 12.5. The minimum absolute atomic E-state index is 0.0129. The lowest BCUT2D eigenvalue weighted by atomic mass is 9.75. The zero-order valence-electron chi connectivity index (χ0n) is 14.0. The van der Waals surface area contributed by atoms with Crippen LogP contribution in [0.4, 0.5) is 0 Å². The van der Waals surface area contributed by atoms with Gasteiger partial charge in [0.15, 0.2) is 0 Å². The van der Waals surface area contributed by atoms with E-state index in [1.54, 1.807) is 6.20 Å². The molecule has 2 aromatic heterocycles. The summed E-state index contributed by atoms with van der Waals surface area (Å²) in [5, 5.41) is 23.1. The number of aromatic nitrogens is 2. The van der Waals surface area contributed by atoms with Crippen molar-refractivity contribution in [1.29, 1.82) is 0 Å². The van der Waals surface area contributed by atoms with Gasteiger partial charge in [-0.3, -0.25) is 9.78 Å². The average Bonchev–Trinajstić information content (AvgIpc) is 2.64. The first-order valence-corrected chi connectivity index (χ1v) is 8.59. The van der Waals surface area contributed by atoms with Crippen LogP contribution in [0.25, 0.3) is 10.9 Å². The number of nitrogens with zero attached hydrogens (tertiary/aromatic N) is 2. The Bertz CT molecular complexity index is 936. The van der Waals surface area contributed by atoms with E-state index in [2.05, 4.69) is 15.3 Å². The maximum atomic E-state index is 12.6. The average molecular weight is 349 g/mol. The number of benzene rings is 1. The fraction of sp³-hybridized carbons (Fsp3) is 0.250. The van der Waals surface area contributed by atoms with Gasteiger partial charge in [0, 0.05) is 11.6 Å². The second-order valence-corrected chi connectivity index (χ2v) is 6.70. The number of fused-ring (bicyclic) bond motifs is 1. The van der Waals surface area contributed by atoms with E-state index in [4.69, 9.17) is 0 Å². The van der Waals surface area contributed by atoms with E-state index in [0.29, 0.717) is 12.8 Å². The lowest BCUT2D eigenvalue weighted by molar-refractivity contribution is 0.0234. The van der Waals surface area contributed by atoms with Gasteiger partial charge in [-0.05, 0) is 48.6 Å². The van der Waals surface area contributed by atoms with Crippen molar-refractivity contribution in [1.82, 2.24) is 15.3 Å². The van der Waals surface area contributed by atoms with Crippen LogP contribution >= 0.6 is 0 Å². The molecule has 1 aliphatic carbocycles. The Morgan fingerprint density at radius 1 is 1.12 bits per heavy atom. The zero-order chi connectivity index (χ0) is 18.1. The molecule has 0 spiro atoms. The number of aliphatic hydroxyl groups is 1. The molecule has 2 heterocycles. The van der Waals surface area contributed by atoms with Crippen LogP contribution in [0, 0.1) is 5.92 Å². The van der Waals surface area contributed by atoms with Crippen LogP contribution < -0.4 is 5.32 Å². The van der Waals surface area contributed by atoms with Crippen LogP contribution in [0.2, 0.25) is 0 Å². The Kier molecular flexibility index (Phi) is 4.26. The Hall–Kier alpha value is -2.99. The molecule has 3 aromatic rings. The quantitative estimate of drug-likeness (QED) is 0.673. The van der Waals surface area contributed by atoms with Gasteiger partial charge < -0.3 is 15.5 Å². The fourth-order valence-electron chi connectivity index (χ4n) is 3.37. The second kappa shape index (κ2) is 6.72. The van der Waals surface area contributed by atoms with E-state index in [1.165, 1.54) is 18.3 Å². The molecule has 132 valence electrons. The molecule has 1 saturated carbocycles. The molecule has 1 amide bonds. The van der Waals surface area contributed by atoms with E-state index in [0.717, 1.165) is 16.5 Å². The van der Waals surface area contributed by atoms with Crippen LogP contribution in [0.5, 0.6) is 5.75 Å². The first-order chi connectivity index (χ1) is 12.6. The first-order valence-electron chi connectivity index (χ1n) is 8.59. The van der Waals surface area contributed by atoms with Gasteiger partial charge in [-0.2, -0.15) is 0 Å². The zero-order valence-corrected chi connectivity index (χ0v) is 14.0. The van der Waals surface area contributed by atoms with Crippen molar-refractivity contribution in [3.05, 3.63) is 66.1 Å². The maximum Gasteiger partial charge on any atom is 0.270 e. The van der Waals surface area contributed by atoms with E-state index in [1.807, 2.05) is 30.3 Å². The highest BCUT2D eigenvalue weighted by Crippen LogP contribution is 2.38. The highest BCUT2D eigenvalue weighted by atomic mass is 16.3. The largest absolute Gasteiger partial charge is 0.506 e. The van der Waals surface area contributed by atoms with Gasteiger partial charge in [0.1, 0.15) is 11.4 Å². The summed E-state index contributed by atoms with van der Waals surface area (Å²) in [6.07, 6.45) is 3.98. The van der Waals surface area contributed by atoms with E-state index < -0.39 is 0 Å². The number of carbonyl (C=O) groups is 1. The number of carbonyl (C=O) groups excluding carboxylic acids is 1. The standard InChI is InChI=1S/C20H19N3O3/c24-15-5-6-18(22-11-15)20(26)23-19(13-8-16(25)9-13)14-7-12-3-1-2-4-17(12)21-10-14/h1-7,10-11,13,16,19,24-25H,8-9H2,(H,23,26)/t13?,16?,19-/m1/s1. The Morgan fingerprint density at radius 2 is 1.92 bits per heavy atom. The lowest BCUT2D eigenvalue weighted by Crippen LogP contribution is -2.41. The minimum Gasteiger partial charge on any atom is -0.506 e. The highest BCUT2D eigenvalue weighted by Gasteiger charge is 2.36. The van der Waals surface area contributed by atoms with Crippen molar-refractivity contribution < 1.29 is 15.0 Å². The van der Waals surface area contributed by atoms with Gasteiger partial charge in [0.25, 0.3) is 5.91 Å². The maximum absolute atomic E-state index is 12.6. The Morgan fingerprint density at radius 3 is 2.65 bits per heavy atom. The number of aromatic hydroxyl groups is 1. The number of hydrogen-bond donors (Lipinski definition) is 3. The molecule has 0 aliphatic heterocycles. The summed E-state index contributed by atoms with van der Waals surface area (Å²) >= 11 is 0. The fourth-order valence-corrected chi connectivity index (χ4v) is 3.37. The molecule has 6 nitrogen and oxygen atoms in total. The van der Waals surface area contributed by atoms with Crippen LogP contribution in [0.3, 0.4) is 0 Å². The summed E-state index contributed by atoms with van der Waals surface area (Å²) in [6.45, 7) is 0. The molecular weight excluding hydrogens is 330 g/mol. The molecular formula is C20H19N3O3. The SMILES string of the molecule is O=C(N[C@@H](c1cnc2ccccc2c1)C1CC(O)C1)c1ccc(O)cn1. The van der Waals surface area contributed by atoms with Crippen LogP contribution in [0.1, 0.15) is 34.9 Å². The third-order valence-corrected chi connectivity index (χ3v) is 4.86. The van der Waals surface area contributed by atoms with E-state index >= 15 is 0 Å². The molecule has 0 radical (unpaired) electrons. The molecule has 26 heavy (non-hydrogen) atoms. The van der Waals surface area contributed by atoms with Crippen LogP contribution in [-0.2, 0) is 0 Å². The minimum atomic E-state index is -0.320. The smallest absolute Gasteiger partial charge is 0.270 e. The summed E-state index contributed by atoms with van der Waals surface area (Å²) in [5.74, 6) is -0.155. The first kappa shape index (κ1) is 16.5. The predicted octanol–water partition coefficient (Wildman–Crippen LogP) is 2.58. The van der Waals surface area contributed by atoms with Crippen molar-refractivity contribution in [2.24, 2.45) is 5.92 Å². The van der Waals surface area contributed by atoms with E-state index in [9.17, 15) is 15.0 Å². The number of hydrogen-bond acceptors (Lipinski definition) is 5. The molecule has 1 aliphatic rings. The number of aliphatic hydroxyl groups excluding tert-OH is 1. The van der Waals surface area contributed by atoms with Crippen LogP contribution in [0.15, 0.2) is 54.9 Å². The molecule has 3 N–H and O–H groups in total. The number of para-hydroxylation sites is 1. The van der Waals surface area contributed by atoms with Crippen molar-refractivity contribution in [2.45, 2.75) is 25.0 Å².